The highest BCUT2D eigenvalue weighted by atomic mass is 16.5. The molecule has 3 aliphatic rings. The molecular formula is C20H25N5O2. The molecule has 1 aliphatic carbocycles. The van der Waals surface area contributed by atoms with Gasteiger partial charge >= 0.3 is 0 Å². The molecule has 2 fully saturated rings. The highest BCUT2D eigenvalue weighted by Crippen LogP contribution is 2.37. The second kappa shape index (κ2) is 7.13. The van der Waals surface area contributed by atoms with Gasteiger partial charge in [0.2, 0.25) is 0 Å². The molecule has 2 aliphatic heterocycles. The second-order valence-corrected chi connectivity index (χ2v) is 7.93. The molecule has 4 heterocycles. The van der Waals surface area contributed by atoms with E-state index in [1.165, 1.54) is 12.8 Å². The molecule has 1 saturated carbocycles. The largest absolute Gasteiger partial charge is 0.376 e. The molecular weight excluding hydrogens is 342 g/mol. The van der Waals surface area contributed by atoms with Crippen LogP contribution in [0.2, 0.25) is 0 Å². The van der Waals surface area contributed by atoms with E-state index in [1.807, 2.05) is 12.4 Å². The van der Waals surface area contributed by atoms with Crippen molar-refractivity contribution in [2.45, 2.75) is 63.8 Å². The van der Waals surface area contributed by atoms with Gasteiger partial charge in [0.15, 0.2) is 0 Å². The van der Waals surface area contributed by atoms with Crippen LogP contribution in [0, 0.1) is 0 Å². The zero-order valence-electron chi connectivity index (χ0n) is 15.5. The number of fused-ring (bicyclic) bond motifs is 1. The van der Waals surface area contributed by atoms with Crippen LogP contribution in [0.15, 0.2) is 23.3 Å². The molecule has 0 radical (unpaired) electrons. The number of hydrogen-bond acceptors (Lipinski definition) is 6. The lowest BCUT2D eigenvalue weighted by Gasteiger charge is -2.25. The minimum Gasteiger partial charge on any atom is -0.376 e. The average molecular weight is 367 g/mol. The van der Waals surface area contributed by atoms with Crippen LogP contribution in [-0.4, -0.2) is 43.8 Å². The number of rotatable bonds is 5. The van der Waals surface area contributed by atoms with Crippen LogP contribution in [0.25, 0.3) is 0 Å². The molecule has 2 aromatic rings. The monoisotopic (exact) mass is 367 g/mol. The number of aromatic nitrogens is 4. The number of hydrogen-bond donors (Lipinski definition) is 0. The first-order valence-electron chi connectivity index (χ1n) is 9.99. The first-order valence-corrected chi connectivity index (χ1v) is 9.99. The molecule has 0 bridgehead atoms. The van der Waals surface area contributed by atoms with Crippen molar-refractivity contribution in [1.82, 2.24) is 24.6 Å². The normalized spacial score (nSPS) is 22.7. The fraction of sp³-hybridized carbons (Fsp3) is 0.600. The van der Waals surface area contributed by atoms with Gasteiger partial charge in [-0.15, -0.1) is 0 Å². The Bertz CT molecular complexity index is 875. The van der Waals surface area contributed by atoms with Gasteiger partial charge in [-0.1, -0.05) is 0 Å². The summed E-state index contributed by atoms with van der Waals surface area (Å²) < 4.78 is 7.08. The molecule has 5 rings (SSSR count). The van der Waals surface area contributed by atoms with Crippen molar-refractivity contribution in [3.63, 3.8) is 0 Å². The predicted octanol–water partition coefficient (Wildman–Crippen LogP) is 1.65. The Morgan fingerprint density at radius 1 is 1.19 bits per heavy atom. The molecule has 7 heteroatoms. The van der Waals surface area contributed by atoms with E-state index in [4.69, 9.17) is 4.74 Å². The van der Waals surface area contributed by atoms with Crippen LogP contribution < -0.4 is 5.56 Å². The smallest absolute Gasteiger partial charge is 0.267 e. The third-order valence-corrected chi connectivity index (χ3v) is 5.84. The van der Waals surface area contributed by atoms with Gasteiger partial charge in [0.1, 0.15) is 5.82 Å². The average Bonchev–Trinajstić information content (AvgIpc) is 3.45. The first-order chi connectivity index (χ1) is 13.3. The summed E-state index contributed by atoms with van der Waals surface area (Å²) in [5.74, 6) is 1.58. The maximum absolute atomic E-state index is 12.5. The number of nitrogens with zero attached hydrogens (tertiary/aromatic N) is 5. The molecule has 2 aromatic heterocycles. The van der Waals surface area contributed by atoms with Gasteiger partial charge in [0.25, 0.3) is 5.56 Å². The van der Waals surface area contributed by atoms with Crippen molar-refractivity contribution < 1.29 is 4.74 Å². The summed E-state index contributed by atoms with van der Waals surface area (Å²) in [4.78, 5) is 24.0. The minimum absolute atomic E-state index is 0.0248. The van der Waals surface area contributed by atoms with E-state index in [9.17, 15) is 4.79 Å². The lowest BCUT2D eigenvalue weighted by Crippen LogP contribution is -2.37. The summed E-state index contributed by atoms with van der Waals surface area (Å²) in [5, 5.41) is 4.63. The number of ether oxygens (including phenoxy) is 1. The van der Waals surface area contributed by atoms with Crippen LogP contribution in [0.4, 0.5) is 0 Å². The van der Waals surface area contributed by atoms with Gasteiger partial charge < -0.3 is 4.74 Å². The molecule has 0 N–H and O–H groups in total. The van der Waals surface area contributed by atoms with Crippen molar-refractivity contribution in [2.24, 2.45) is 0 Å². The van der Waals surface area contributed by atoms with Gasteiger partial charge in [-0.25, -0.2) is 14.6 Å². The Hall–Kier alpha value is -2.12. The fourth-order valence-electron chi connectivity index (χ4n) is 4.13. The zero-order valence-corrected chi connectivity index (χ0v) is 15.5. The highest BCUT2D eigenvalue weighted by molar-refractivity contribution is 5.18. The van der Waals surface area contributed by atoms with Gasteiger partial charge in [0.05, 0.1) is 25.5 Å². The summed E-state index contributed by atoms with van der Waals surface area (Å²) in [7, 11) is 0. The quantitative estimate of drug-likeness (QED) is 0.800. The van der Waals surface area contributed by atoms with E-state index < -0.39 is 0 Å². The van der Waals surface area contributed by atoms with Crippen molar-refractivity contribution in [3.8, 4) is 0 Å². The van der Waals surface area contributed by atoms with Gasteiger partial charge in [0, 0.05) is 54.5 Å². The third kappa shape index (κ3) is 3.66. The SMILES string of the molecule is O=c1cc2c(nn1CC1CCCN1Cc1cnc(C3CC3)nc1)CCOC2. The Morgan fingerprint density at radius 3 is 2.85 bits per heavy atom. The fourth-order valence-corrected chi connectivity index (χ4v) is 4.13. The zero-order chi connectivity index (χ0) is 18.2. The van der Waals surface area contributed by atoms with Crippen molar-refractivity contribution >= 4 is 0 Å². The predicted molar refractivity (Wildman–Crippen MR) is 99.3 cm³/mol. The molecule has 27 heavy (non-hydrogen) atoms. The van der Waals surface area contributed by atoms with Gasteiger partial charge in [-0.3, -0.25) is 9.69 Å². The van der Waals surface area contributed by atoms with E-state index in [2.05, 4.69) is 20.0 Å². The van der Waals surface area contributed by atoms with Crippen molar-refractivity contribution in [1.29, 1.82) is 0 Å². The molecule has 0 spiro atoms. The molecule has 0 amide bonds. The summed E-state index contributed by atoms with van der Waals surface area (Å²) in [6.45, 7) is 3.72. The Balaban J connectivity index is 1.29. The Kier molecular flexibility index (Phi) is 4.49. The van der Waals surface area contributed by atoms with Crippen molar-refractivity contribution in [2.75, 3.05) is 13.2 Å². The molecule has 0 aromatic carbocycles. The lowest BCUT2D eigenvalue weighted by molar-refractivity contribution is 0.107. The summed E-state index contributed by atoms with van der Waals surface area (Å²) in [6, 6.07) is 2.03. The molecule has 7 nitrogen and oxygen atoms in total. The maximum atomic E-state index is 12.5. The van der Waals surface area contributed by atoms with E-state index in [1.54, 1.807) is 10.7 Å². The third-order valence-electron chi connectivity index (χ3n) is 5.84. The molecule has 1 saturated heterocycles. The van der Waals surface area contributed by atoms with E-state index in [0.29, 0.717) is 31.7 Å². The molecule has 1 atom stereocenters. The lowest BCUT2D eigenvalue weighted by atomic mass is 10.1. The van der Waals surface area contributed by atoms with E-state index >= 15 is 0 Å². The maximum Gasteiger partial charge on any atom is 0.267 e. The molecule has 1 unspecified atom stereocenters. The molecule has 142 valence electrons. The standard InChI is InChI=1S/C20H25N5O2/c26-19-8-16-13-27-7-5-18(16)23-25(19)12-17-2-1-6-24(17)11-14-9-21-20(22-10-14)15-3-4-15/h8-10,15,17H,1-7,11-13H2. The summed E-state index contributed by atoms with van der Waals surface area (Å²) >= 11 is 0. The topological polar surface area (TPSA) is 73.1 Å². The van der Waals surface area contributed by atoms with Gasteiger partial charge in [-0.05, 0) is 32.2 Å². The van der Waals surface area contributed by atoms with E-state index in [-0.39, 0.29) is 5.56 Å². The summed E-state index contributed by atoms with van der Waals surface area (Å²) in [6.07, 6.45) is 9.42. The first kappa shape index (κ1) is 17.0. The van der Waals surface area contributed by atoms with Crippen LogP contribution in [0.1, 0.15) is 54.2 Å². The van der Waals surface area contributed by atoms with Crippen molar-refractivity contribution in [3.05, 3.63) is 51.5 Å². The van der Waals surface area contributed by atoms with Gasteiger partial charge in [-0.2, -0.15) is 5.10 Å². The van der Waals surface area contributed by atoms with Crippen LogP contribution in [0.5, 0.6) is 0 Å². The van der Waals surface area contributed by atoms with Crippen LogP contribution in [-0.2, 0) is 30.9 Å². The number of likely N-dealkylation sites (tertiary alicyclic amines) is 1. The van der Waals surface area contributed by atoms with Crippen LogP contribution >= 0.6 is 0 Å². The van der Waals surface area contributed by atoms with Crippen LogP contribution in [0.3, 0.4) is 0 Å². The second-order valence-electron chi connectivity index (χ2n) is 7.93. The Morgan fingerprint density at radius 2 is 2.04 bits per heavy atom. The minimum atomic E-state index is -0.0248. The Labute approximate surface area is 158 Å². The summed E-state index contributed by atoms with van der Waals surface area (Å²) in [5.41, 5.74) is 3.07. The van der Waals surface area contributed by atoms with E-state index in [0.717, 1.165) is 55.0 Å². The highest BCUT2D eigenvalue weighted by Gasteiger charge is 2.28.